The van der Waals surface area contributed by atoms with Crippen molar-refractivity contribution in [2.24, 2.45) is 0 Å². The highest BCUT2D eigenvalue weighted by atomic mass is 16.6. The molecule has 2 aliphatic rings. The fourth-order valence-corrected chi connectivity index (χ4v) is 3.36. The van der Waals surface area contributed by atoms with Gasteiger partial charge >= 0.3 is 6.09 Å². The number of amides is 2. The minimum Gasteiger partial charge on any atom is -0.445 e. The molecule has 0 spiro atoms. The molecule has 124 valence electrons. The predicted octanol–water partition coefficient (Wildman–Crippen LogP) is 2.80. The molecule has 1 aromatic rings. The van der Waals surface area contributed by atoms with Gasteiger partial charge in [-0.05, 0) is 37.7 Å². The number of piperidine rings is 1. The van der Waals surface area contributed by atoms with E-state index in [-0.39, 0.29) is 24.6 Å². The van der Waals surface area contributed by atoms with Crippen molar-refractivity contribution in [3.05, 3.63) is 35.9 Å². The normalized spacial score (nSPS) is 21.3. The molecule has 0 unspecified atom stereocenters. The van der Waals surface area contributed by atoms with Crippen LogP contribution in [0.25, 0.3) is 0 Å². The summed E-state index contributed by atoms with van der Waals surface area (Å²) in [5.74, 6) is 0.0962. The lowest BCUT2D eigenvalue weighted by molar-refractivity contribution is -0.136. The van der Waals surface area contributed by atoms with E-state index >= 15 is 0 Å². The molecule has 2 saturated heterocycles. The number of ether oxygens (including phenoxy) is 1. The van der Waals surface area contributed by atoms with E-state index in [1.807, 2.05) is 35.2 Å². The molecular formula is C18H24N2O3. The fraction of sp³-hybridized carbons (Fsp3) is 0.556. The zero-order chi connectivity index (χ0) is 16.1. The maximum absolute atomic E-state index is 12.7. The maximum Gasteiger partial charge on any atom is 0.410 e. The topological polar surface area (TPSA) is 49.9 Å². The standard InChI is InChI=1S/C18H24N2O3/c21-17(19-11-6-7-12-19)16-10-4-5-13-20(16)18(22)23-14-15-8-2-1-3-9-15/h1-3,8-9,16H,4-7,10-14H2/t16-/m0/s1. The Morgan fingerprint density at radius 1 is 1.00 bits per heavy atom. The number of hydrogen-bond acceptors (Lipinski definition) is 3. The Hall–Kier alpha value is -2.04. The molecule has 0 N–H and O–H groups in total. The molecule has 0 radical (unpaired) electrons. The summed E-state index contributed by atoms with van der Waals surface area (Å²) < 4.78 is 5.43. The van der Waals surface area contributed by atoms with Crippen LogP contribution in [0.15, 0.2) is 30.3 Å². The van der Waals surface area contributed by atoms with Crippen LogP contribution in [0.3, 0.4) is 0 Å². The number of hydrogen-bond donors (Lipinski definition) is 0. The molecule has 5 nitrogen and oxygen atoms in total. The molecule has 0 aromatic heterocycles. The van der Waals surface area contributed by atoms with Crippen molar-refractivity contribution < 1.29 is 14.3 Å². The van der Waals surface area contributed by atoms with Gasteiger partial charge in [-0.15, -0.1) is 0 Å². The lowest BCUT2D eigenvalue weighted by Crippen LogP contribution is -2.52. The molecule has 3 rings (SSSR count). The van der Waals surface area contributed by atoms with Gasteiger partial charge in [-0.2, -0.15) is 0 Å². The molecular weight excluding hydrogens is 292 g/mol. The lowest BCUT2D eigenvalue weighted by Gasteiger charge is -2.35. The van der Waals surface area contributed by atoms with Gasteiger partial charge in [0, 0.05) is 19.6 Å². The molecule has 23 heavy (non-hydrogen) atoms. The number of nitrogens with zero attached hydrogens (tertiary/aromatic N) is 2. The Balaban J connectivity index is 1.61. The first-order chi connectivity index (χ1) is 11.3. The molecule has 2 amide bonds. The Labute approximate surface area is 137 Å². The van der Waals surface area contributed by atoms with Crippen LogP contribution < -0.4 is 0 Å². The van der Waals surface area contributed by atoms with Crippen LogP contribution in [-0.2, 0) is 16.1 Å². The van der Waals surface area contributed by atoms with Gasteiger partial charge < -0.3 is 9.64 Å². The van der Waals surface area contributed by atoms with E-state index in [1.54, 1.807) is 4.90 Å². The second-order valence-corrected chi connectivity index (χ2v) is 6.28. The first kappa shape index (κ1) is 15.8. The summed E-state index contributed by atoms with van der Waals surface area (Å²) in [4.78, 5) is 28.6. The van der Waals surface area contributed by atoms with Gasteiger partial charge in [-0.25, -0.2) is 4.79 Å². The average molecular weight is 316 g/mol. The second kappa shape index (κ2) is 7.49. The summed E-state index contributed by atoms with van der Waals surface area (Å²) in [6, 6.07) is 9.28. The third-order valence-electron chi connectivity index (χ3n) is 4.65. The molecule has 0 bridgehead atoms. The van der Waals surface area contributed by atoms with Gasteiger partial charge in [0.1, 0.15) is 12.6 Å². The molecule has 1 atom stereocenters. The largest absolute Gasteiger partial charge is 0.445 e. The lowest BCUT2D eigenvalue weighted by atomic mass is 10.0. The minimum atomic E-state index is -0.369. The number of carbonyl (C=O) groups excluding carboxylic acids is 2. The van der Waals surface area contributed by atoms with Gasteiger partial charge in [0.25, 0.3) is 0 Å². The molecule has 2 aliphatic heterocycles. The number of rotatable bonds is 3. The van der Waals surface area contributed by atoms with Crippen LogP contribution in [0.4, 0.5) is 4.79 Å². The van der Waals surface area contributed by atoms with E-state index < -0.39 is 0 Å². The van der Waals surface area contributed by atoms with E-state index in [9.17, 15) is 9.59 Å². The summed E-state index contributed by atoms with van der Waals surface area (Å²) in [6.45, 7) is 2.50. The van der Waals surface area contributed by atoms with Crippen molar-refractivity contribution in [3.8, 4) is 0 Å². The van der Waals surface area contributed by atoms with Crippen LogP contribution in [-0.4, -0.2) is 47.5 Å². The van der Waals surface area contributed by atoms with Crippen LogP contribution in [0.2, 0.25) is 0 Å². The highest BCUT2D eigenvalue weighted by Gasteiger charge is 2.36. The van der Waals surface area contributed by atoms with E-state index in [0.717, 1.165) is 50.8 Å². The SMILES string of the molecule is O=C([C@@H]1CCCCN1C(=O)OCc1ccccc1)N1CCCC1. The van der Waals surface area contributed by atoms with Crippen molar-refractivity contribution in [1.29, 1.82) is 0 Å². The van der Waals surface area contributed by atoms with Gasteiger partial charge in [0.15, 0.2) is 0 Å². The van der Waals surface area contributed by atoms with E-state index in [2.05, 4.69) is 0 Å². The first-order valence-electron chi connectivity index (χ1n) is 8.52. The van der Waals surface area contributed by atoms with Gasteiger partial charge in [0.2, 0.25) is 5.91 Å². The first-order valence-corrected chi connectivity index (χ1v) is 8.52. The third kappa shape index (κ3) is 3.84. The average Bonchev–Trinajstić information content (AvgIpc) is 3.14. The number of benzene rings is 1. The van der Waals surface area contributed by atoms with Crippen molar-refractivity contribution >= 4 is 12.0 Å². The molecule has 0 saturated carbocycles. The van der Waals surface area contributed by atoms with Crippen LogP contribution in [0.1, 0.15) is 37.7 Å². The minimum absolute atomic E-state index is 0.0962. The van der Waals surface area contributed by atoms with Crippen LogP contribution in [0.5, 0.6) is 0 Å². The highest BCUT2D eigenvalue weighted by Crippen LogP contribution is 2.22. The van der Waals surface area contributed by atoms with Gasteiger partial charge in [-0.1, -0.05) is 30.3 Å². The summed E-state index contributed by atoms with van der Waals surface area (Å²) >= 11 is 0. The van der Waals surface area contributed by atoms with Crippen LogP contribution in [0, 0.1) is 0 Å². The summed E-state index contributed by atoms with van der Waals surface area (Å²) in [5, 5.41) is 0. The predicted molar refractivity (Wildman–Crippen MR) is 86.8 cm³/mol. The Morgan fingerprint density at radius 2 is 1.70 bits per heavy atom. The van der Waals surface area contributed by atoms with Crippen molar-refractivity contribution in [2.75, 3.05) is 19.6 Å². The van der Waals surface area contributed by atoms with Gasteiger partial charge in [-0.3, -0.25) is 9.69 Å². The Kier molecular flexibility index (Phi) is 5.16. The highest BCUT2D eigenvalue weighted by molar-refractivity contribution is 5.86. The van der Waals surface area contributed by atoms with Crippen LogP contribution >= 0.6 is 0 Å². The fourth-order valence-electron chi connectivity index (χ4n) is 3.36. The smallest absolute Gasteiger partial charge is 0.410 e. The second-order valence-electron chi connectivity index (χ2n) is 6.28. The van der Waals surface area contributed by atoms with E-state index in [4.69, 9.17) is 4.74 Å². The summed E-state index contributed by atoms with van der Waals surface area (Å²) in [6.07, 6.45) is 4.44. The summed E-state index contributed by atoms with van der Waals surface area (Å²) in [5.41, 5.74) is 0.959. The van der Waals surface area contributed by atoms with Crippen molar-refractivity contribution in [3.63, 3.8) is 0 Å². The Bertz CT molecular complexity index is 540. The summed E-state index contributed by atoms with van der Waals surface area (Å²) in [7, 11) is 0. The Morgan fingerprint density at radius 3 is 2.43 bits per heavy atom. The van der Waals surface area contributed by atoms with Gasteiger partial charge in [0.05, 0.1) is 0 Å². The zero-order valence-electron chi connectivity index (χ0n) is 13.4. The molecule has 2 heterocycles. The monoisotopic (exact) mass is 316 g/mol. The maximum atomic E-state index is 12.7. The zero-order valence-corrected chi connectivity index (χ0v) is 13.4. The molecule has 0 aliphatic carbocycles. The molecule has 1 aromatic carbocycles. The molecule has 5 heteroatoms. The quantitative estimate of drug-likeness (QED) is 0.861. The molecule has 2 fully saturated rings. The van der Waals surface area contributed by atoms with E-state index in [0.29, 0.717) is 6.54 Å². The number of carbonyl (C=O) groups is 2. The van der Waals surface area contributed by atoms with Crippen molar-refractivity contribution in [2.45, 2.75) is 44.8 Å². The van der Waals surface area contributed by atoms with Crippen molar-refractivity contribution in [1.82, 2.24) is 9.80 Å². The third-order valence-corrected chi connectivity index (χ3v) is 4.65. The number of likely N-dealkylation sites (tertiary alicyclic amines) is 2. The van der Waals surface area contributed by atoms with E-state index in [1.165, 1.54) is 0 Å².